The molecule has 0 bridgehead atoms. The van der Waals surface area contributed by atoms with Gasteiger partial charge in [-0.25, -0.2) is 0 Å². The number of fused-ring (bicyclic) bond motifs is 6. The molecule has 0 spiro atoms. The first-order chi connectivity index (χ1) is 34.2. The molecule has 0 atom stereocenters. The number of nitrogens with zero attached hydrogens (tertiary/aromatic N) is 2. The fraction of sp³-hybridized carbons (Fsp3) is 0. The van der Waals surface area contributed by atoms with Crippen molar-refractivity contribution in [1.82, 2.24) is 4.57 Å². The summed E-state index contributed by atoms with van der Waals surface area (Å²) in [6.07, 6.45) is 0. The summed E-state index contributed by atoms with van der Waals surface area (Å²) < 4.78 is 5.01. The van der Waals surface area contributed by atoms with E-state index in [0.29, 0.717) is 0 Å². The Labute approximate surface area is 405 Å². The summed E-state index contributed by atoms with van der Waals surface area (Å²) in [5.74, 6) is 0. The second-order valence-corrected chi connectivity index (χ2v) is 18.7. The van der Waals surface area contributed by atoms with Crippen LogP contribution in [0, 0.1) is 0 Å². The van der Waals surface area contributed by atoms with Crippen LogP contribution in [0.2, 0.25) is 0 Å². The highest BCUT2D eigenvalue weighted by molar-refractivity contribution is 7.25. The summed E-state index contributed by atoms with van der Waals surface area (Å²) in [4.78, 5) is 2.43. The number of anilines is 3. The smallest absolute Gasteiger partial charge is 0.0541 e. The normalized spacial score (nSPS) is 11.5. The van der Waals surface area contributed by atoms with Gasteiger partial charge in [0.2, 0.25) is 0 Å². The van der Waals surface area contributed by atoms with E-state index >= 15 is 0 Å². The van der Waals surface area contributed by atoms with Crippen molar-refractivity contribution in [3.05, 3.63) is 267 Å². The molecule has 0 aliphatic heterocycles. The van der Waals surface area contributed by atoms with Gasteiger partial charge in [0.05, 0.1) is 16.7 Å². The van der Waals surface area contributed by atoms with Crippen molar-refractivity contribution in [2.45, 2.75) is 0 Å². The molecule has 3 heteroatoms. The van der Waals surface area contributed by atoms with Crippen molar-refractivity contribution in [2.75, 3.05) is 4.90 Å². The number of hydrogen-bond donors (Lipinski definition) is 0. The van der Waals surface area contributed by atoms with E-state index < -0.39 is 0 Å². The van der Waals surface area contributed by atoms with E-state index in [1.54, 1.807) is 0 Å². The van der Waals surface area contributed by atoms with Gasteiger partial charge in [-0.2, -0.15) is 0 Å². The lowest BCUT2D eigenvalue weighted by molar-refractivity contribution is 1.18. The Morgan fingerprint density at radius 1 is 0.290 bits per heavy atom. The van der Waals surface area contributed by atoms with Crippen molar-refractivity contribution >= 4 is 70.4 Å². The third kappa shape index (κ3) is 7.11. The highest BCUT2D eigenvalue weighted by Gasteiger charge is 2.21. The van der Waals surface area contributed by atoms with Gasteiger partial charge >= 0.3 is 0 Å². The number of hydrogen-bond acceptors (Lipinski definition) is 2. The lowest BCUT2D eigenvalue weighted by atomic mass is 9.88. The van der Waals surface area contributed by atoms with Gasteiger partial charge in [0.1, 0.15) is 0 Å². The minimum absolute atomic E-state index is 1.07. The highest BCUT2D eigenvalue weighted by Crippen LogP contribution is 2.47. The summed E-state index contributed by atoms with van der Waals surface area (Å²) in [6.45, 7) is 0. The van der Waals surface area contributed by atoms with Crippen LogP contribution in [0.4, 0.5) is 17.1 Å². The molecule has 0 aliphatic carbocycles. The van der Waals surface area contributed by atoms with E-state index in [-0.39, 0.29) is 0 Å². The molecule has 0 saturated heterocycles. The minimum Gasteiger partial charge on any atom is -0.310 e. The lowest BCUT2D eigenvalue weighted by Crippen LogP contribution is -2.11. The van der Waals surface area contributed by atoms with Gasteiger partial charge in [-0.05, 0) is 117 Å². The van der Waals surface area contributed by atoms with Crippen LogP contribution in [0.25, 0.3) is 103 Å². The fourth-order valence-corrected chi connectivity index (χ4v) is 11.6. The average molecular weight is 897 g/mol. The standard InChI is InChI=1S/C66H44N2S/c1-2-18-46(19-3-1)52-22-4-5-23-54(52)55-24-6-7-25-56(55)57-26-8-12-31-61(57)67(50-42-38-47(39-43-50)53-30-17-35-65-66(53)60-29-11-15-34-64(60)69-65)49-40-36-45(37-41-49)48-20-16-21-51(44-48)68-62-32-13-9-27-58(62)59-28-10-14-33-63(59)68/h1-44H. The predicted octanol–water partition coefficient (Wildman–Crippen LogP) is 19.0. The Morgan fingerprint density at radius 3 is 1.45 bits per heavy atom. The van der Waals surface area contributed by atoms with Crippen LogP contribution in [-0.4, -0.2) is 4.57 Å². The summed E-state index contributed by atoms with van der Waals surface area (Å²) in [7, 11) is 0. The minimum atomic E-state index is 1.07. The number of aromatic nitrogens is 1. The van der Waals surface area contributed by atoms with Crippen LogP contribution in [0.15, 0.2) is 267 Å². The number of thiophene rings is 1. The number of rotatable bonds is 9. The second-order valence-electron chi connectivity index (χ2n) is 17.6. The molecule has 13 aromatic rings. The largest absolute Gasteiger partial charge is 0.310 e. The maximum absolute atomic E-state index is 2.43. The maximum Gasteiger partial charge on any atom is 0.0541 e. The SMILES string of the molecule is c1ccc(-c2ccccc2-c2ccccc2-c2ccccc2N(c2ccc(-c3cccc(-n4c5ccccc5c5ccccc54)c3)cc2)c2ccc(-c3cccc4sc5ccccc5c34)cc2)cc1. The molecule has 0 radical (unpaired) electrons. The van der Waals surface area contributed by atoms with Crippen molar-refractivity contribution in [3.63, 3.8) is 0 Å². The van der Waals surface area contributed by atoms with Gasteiger partial charge in [0.25, 0.3) is 0 Å². The molecule has 13 rings (SSSR count). The first-order valence-corrected chi connectivity index (χ1v) is 24.4. The molecule has 324 valence electrons. The van der Waals surface area contributed by atoms with Crippen LogP contribution in [0.5, 0.6) is 0 Å². The van der Waals surface area contributed by atoms with E-state index in [4.69, 9.17) is 0 Å². The molecule has 0 N–H and O–H groups in total. The van der Waals surface area contributed by atoms with E-state index in [1.165, 1.54) is 86.5 Å². The van der Waals surface area contributed by atoms with Crippen LogP contribution in [0.3, 0.4) is 0 Å². The first kappa shape index (κ1) is 40.5. The molecule has 0 saturated carbocycles. The Balaban J connectivity index is 0.946. The Morgan fingerprint density at radius 2 is 0.754 bits per heavy atom. The van der Waals surface area contributed by atoms with Crippen LogP contribution in [-0.2, 0) is 0 Å². The third-order valence-electron chi connectivity index (χ3n) is 13.6. The molecule has 0 unspecified atom stereocenters. The van der Waals surface area contributed by atoms with E-state index in [1.807, 2.05) is 11.3 Å². The molecule has 2 heterocycles. The quantitative estimate of drug-likeness (QED) is 0.140. The highest BCUT2D eigenvalue weighted by atomic mass is 32.1. The van der Waals surface area contributed by atoms with Crippen LogP contribution < -0.4 is 4.90 Å². The Hall–Kier alpha value is -8.76. The van der Waals surface area contributed by atoms with E-state index in [2.05, 4.69) is 276 Å². The number of benzene rings is 11. The van der Waals surface area contributed by atoms with Crippen molar-refractivity contribution in [2.24, 2.45) is 0 Å². The monoisotopic (exact) mass is 896 g/mol. The summed E-state index contributed by atoms with van der Waals surface area (Å²) >= 11 is 1.86. The molecule has 2 nitrogen and oxygen atoms in total. The van der Waals surface area contributed by atoms with Gasteiger partial charge in [0, 0.05) is 53.6 Å². The van der Waals surface area contributed by atoms with Gasteiger partial charge in [-0.1, -0.05) is 200 Å². The molecule has 0 amide bonds. The zero-order valence-electron chi connectivity index (χ0n) is 37.7. The van der Waals surface area contributed by atoms with Gasteiger partial charge in [0.15, 0.2) is 0 Å². The Kier molecular flexibility index (Phi) is 10.1. The van der Waals surface area contributed by atoms with E-state index in [9.17, 15) is 0 Å². The van der Waals surface area contributed by atoms with Crippen molar-refractivity contribution in [3.8, 4) is 61.3 Å². The lowest BCUT2D eigenvalue weighted by Gasteiger charge is -2.29. The van der Waals surface area contributed by atoms with Gasteiger partial charge < -0.3 is 9.47 Å². The summed E-state index contributed by atoms with van der Waals surface area (Å²) in [5.41, 5.74) is 18.7. The van der Waals surface area contributed by atoms with Crippen molar-refractivity contribution in [1.29, 1.82) is 0 Å². The van der Waals surface area contributed by atoms with Gasteiger partial charge in [-0.3, -0.25) is 0 Å². The average Bonchev–Trinajstić information content (AvgIpc) is 3.98. The third-order valence-corrected chi connectivity index (χ3v) is 14.8. The summed E-state index contributed by atoms with van der Waals surface area (Å²) in [6, 6.07) is 97.4. The molecule has 11 aromatic carbocycles. The molecule has 69 heavy (non-hydrogen) atoms. The van der Waals surface area contributed by atoms with Gasteiger partial charge in [-0.15, -0.1) is 11.3 Å². The fourth-order valence-electron chi connectivity index (χ4n) is 10.5. The molecular weight excluding hydrogens is 853 g/mol. The van der Waals surface area contributed by atoms with Crippen molar-refractivity contribution < 1.29 is 0 Å². The molecule has 0 aliphatic rings. The zero-order chi connectivity index (χ0) is 45.7. The van der Waals surface area contributed by atoms with E-state index in [0.717, 1.165) is 33.9 Å². The maximum atomic E-state index is 2.43. The predicted molar refractivity (Wildman–Crippen MR) is 296 cm³/mol. The van der Waals surface area contributed by atoms with Crippen LogP contribution in [0.1, 0.15) is 0 Å². The zero-order valence-corrected chi connectivity index (χ0v) is 38.5. The summed E-state index contributed by atoms with van der Waals surface area (Å²) in [5, 5.41) is 5.15. The second kappa shape index (κ2) is 17.2. The first-order valence-electron chi connectivity index (χ1n) is 23.6. The van der Waals surface area contributed by atoms with Crippen LogP contribution >= 0.6 is 11.3 Å². The molecular formula is C66H44N2S. The molecule has 2 aromatic heterocycles. The Bertz CT molecular complexity index is 3960. The number of para-hydroxylation sites is 3. The topological polar surface area (TPSA) is 8.17 Å². The molecule has 0 fully saturated rings.